The minimum atomic E-state index is -4.12. The van der Waals surface area contributed by atoms with Gasteiger partial charge >= 0.3 is 0 Å². The van der Waals surface area contributed by atoms with Gasteiger partial charge in [0.25, 0.3) is 10.0 Å². The minimum absolute atomic E-state index is 0.0767. The molecule has 0 spiro atoms. The number of likely N-dealkylation sites (N-methyl/N-ethyl adjacent to an activating group) is 1. The van der Waals surface area contributed by atoms with Crippen molar-refractivity contribution in [1.82, 2.24) is 10.2 Å². The predicted molar refractivity (Wildman–Crippen MR) is 169 cm³/mol. The van der Waals surface area contributed by atoms with Crippen LogP contribution in [0.5, 0.6) is 0 Å². The second kappa shape index (κ2) is 14.3. The van der Waals surface area contributed by atoms with Crippen molar-refractivity contribution in [3.05, 3.63) is 130 Å². The van der Waals surface area contributed by atoms with Crippen LogP contribution in [0.4, 0.5) is 5.69 Å². The fourth-order valence-corrected chi connectivity index (χ4v) is 6.50. The third-order valence-electron chi connectivity index (χ3n) is 6.80. The molecule has 0 radical (unpaired) electrons. The van der Waals surface area contributed by atoms with Gasteiger partial charge in [-0.2, -0.15) is 0 Å². The number of benzene rings is 4. The van der Waals surface area contributed by atoms with Crippen LogP contribution in [-0.2, 0) is 32.6 Å². The van der Waals surface area contributed by atoms with Crippen LogP contribution in [0, 0.1) is 6.92 Å². The Balaban J connectivity index is 1.78. The Bertz CT molecular complexity index is 1600. The molecule has 0 saturated heterocycles. The molecule has 0 aromatic heterocycles. The van der Waals surface area contributed by atoms with Crippen molar-refractivity contribution >= 4 is 43.5 Å². The van der Waals surface area contributed by atoms with Gasteiger partial charge in [-0.15, -0.1) is 0 Å². The zero-order chi connectivity index (χ0) is 30.1. The molecular weight excluding hydrogens is 614 g/mol. The van der Waals surface area contributed by atoms with Crippen molar-refractivity contribution in [3.8, 4) is 0 Å². The molecule has 0 bridgehead atoms. The van der Waals surface area contributed by atoms with Gasteiger partial charge in [0.15, 0.2) is 0 Å². The molecule has 218 valence electrons. The molecule has 0 heterocycles. The molecule has 0 fully saturated rings. The summed E-state index contributed by atoms with van der Waals surface area (Å²) in [5.74, 6) is -0.806. The number of anilines is 1. The molecule has 7 nitrogen and oxygen atoms in total. The van der Waals surface area contributed by atoms with Gasteiger partial charge in [0.2, 0.25) is 11.8 Å². The number of carbonyl (C=O) groups is 2. The van der Waals surface area contributed by atoms with Crippen LogP contribution in [0.1, 0.15) is 23.6 Å². The molecule has 0 saturated carbocycles. The maximum atomic E-state index is 14.3. The first-order valence-corrected chi connectivity index (χ1v) is 15.9. The quantitative estimate of drug-likeness (QED) is 0.213. The van der Waals surface area contributed by atoms with Crippen LogP contribution >= 0.6 is 15.9 Å². The second-order valence-corrected chi connectivity index (χ2v) is 12.7. The minimum Gasteiger partial charge on any atom is -0.355 e. The van der Waals surface area contributed by atoms with Gasteiger partial charge in [0.1, 0.15) is 12.6 Å². The Labute approximate surface area is 256 Å². The molecule has 1 atom stereocenters. The van der Waals surface area contributed by atoms with E-state index in [9.17, 15) is 18.0 Å². The van der Waals surface area contributed by atoms with E-state index in [2.05, 4.69) is 21.2 Å². The number of amides is 2. The highest BCUT2D eigenvalue weighted by Crippen LogP contribution is 2.25. The van der Waals surface area contributed by atoms with E-state index in [1.54, 1.807) is 42.5 Å². The SMILES string of the molecule is CCNC(=O)[C@@H](Cc1ccccc1)N(Cc1cccc(Br)c1)C(=O)CN(c1ccccc1)S(=O)(=O)c1ccc(C)cc1. The second-order valence-electron chi connectivity index (χ2n) is 9.91. The Morgan fingerprint density at radius 1 is 0.833 bits per heavy atom. The Hall–Kier alpha value is -3.95. The van der Waals surface area contributed by atoms with E-state index < -0.39 is 28.5 Å². The lowest BCUT2D eigenvalue weighted by atomic mass is 10.0. The molecule has 0 aliphatic carbocycles. The number of hydrogen-bond acceptors (Lipinski definition) is 4. The smallest absolute Gasteiger partial charge is 0.264 e. The largest absolute Gasteiger partial charge is 0.355 e. The van der Waals surface area contributed by atoms with E-state index >= 15 is 0 Å². The first-order valence-electron chi connectivity index (χ1n) is 13.7. The molecule has 2 amide bonds. The zero-order valence-electron chi connectivity index (χ0n) is 23.6. The lowest BCUT2D eigenvalue weighted by Gasteiger charge is -2.33. The monoisotopic (exact) mass is 647 g/mol. The fraction of sp³-hybridized carbons (Fsp3) is 0.212. The van der Waals surface area contributed by atoms with Crippen molar-refractivity contribution in [1.29, 1.82) is 0 Å². The third kappa shape index (κ3) is 7.86. The van der Waals surface area contributed by atoms with E-state index in [1.807, 2.05) is 68.4 Å². The predicted octanol–water partition coefficient (Wildman–Crippen LogP) is 5.73. The van der Waals surface area contributed by atoms with Crippen LogP contribution in [0.3, 0.4) is 0 Å². The maximum Gasteiger partial charge on any atom is 0.264 e. The van der Waals surface area contributed by atoms with E-state index in [-0.39, 0.29) is 23.8 Å². The lowest BCUT2D eigenvalue weighted by Crippen LogP contribution is -2.53. The number of halogens is 1. The summed E-state index contributed by atoms with van der Waals surface area (Å²) in [6.07, 6.45) is 0.266. The summed E-state index contributed by atoms with van der Waals surface area (Å²) < 4.78 is 29.9. The van der Waals surface area contributed by atoms with E-state index in [0.29, 0.717) is 12.2 Å². The molecule has 1 N–H and O–H groups in total. The van der Waals surface area contributed by atoms with Crippen LogP contribution in [0.2, 0.25) is 0 Å². The summed E-state index contributed by atoms with van der Waals surface area (Å²) >= 11 is 3.49. The summed E-state index contributed by atoms with van der Waals surface area (Å²) in [5.41, 5.74) is 2.95. The van der Waals surface area contributed by atoms with Gasteiger partial charge in [-0.3, -0.25) is 13.9 Å². The Morgan fingerprint density at radius 2 is 1.45 bits per heavy atom. The highest BCUT2D eigenvalue weighted by atomic mass is 79.9. The number of aryl methyl sites for hydroxylation is 1. The Kier molecular flexibility index (Phi) is 10.5. The van der Waals surface area contributed by atoms with Gasteiger partial charge in [-0.1, -0.05) is 94.3 Å². The van der Waals surface area contributed by atoms with Gasteiger partial charge in [0, 0.05) is 24.0 Å². The van der Waals surface area contributed by atoms with E-state index in [0.717, 1.165) is 25.5 Å². The van der Waals surface area contributed by atoms with Gasteiger partial charge in [-0.25, -0.2) is 8.42 Å². The maximum absolute atomic E-state index is 14.3. The normalized spacial score (nSPS) is 11.9. The number of nitrogens with zero attached hydrogens (tertiary/aromatic N) is 2. The molecule has 0 aliphatic rings. The van der Waals surface area contributed by atoms with Crippen LogP contribution in [0.15, 0.2) is 119 Å². The summed E-state index contributed by atoms with van der Waals surface area (Å²) in [6, 6.07) is 31.2. The number of para-hydroxylation sites is 1. The average molecular weight is 649 g/mol. The standard InChI is InChI=1S/C33H34BrN3O4S/c1-3-35-33(39)31(22-26-11-6-4-7-12-26)36(23-27-13-10-14-28(34)21-27)32(38)24-37(29-15-8-5-9-16-29)42(40,41)30-19-17-25(2)18-20-30/h4-21,31H,3,22-24H2,1-2H3,(H,35,39)/t31-/m1/s1. The number of nitrogens with one attached hydrogen (secondary N) is 1. The number of rotatable bonds is 12. The Morgan fingerprint density at radius 3 is 2.07 bits per heavy atom. The molecule has 4 rings (SSSR count). The van der Waals surface area contributed by atoms with Crippen molar-refractivity contribution in [2.75, 3.05) is 17.4 Å². The van der Waals surface area contributed by atoms with E-state index in [1.165, 1.54) is 17.0 Å². The summed E-state index contributed by atoms with van der Waals surface area (Å²) in [7, 11) is -4.12. The number of carbonyl (C=O) groups excluding carboxylic acids is 2. The lowest BCUT2D eigenvalue weighted by molar-refractivity contribution is -0.140. The molecule has 4 aromatic carbocycles. The number of sulfonamides is 1. The van der Waals surface area contributed by atoms with Crippen molar-refractivity contribution in [3.63, 3.8) is 0 Å². The first-order chi connectivity index (χ1) is 20.2. The fourth-order valence-electron chi connectivity index (χ4n) is 4.64. The van der Waals surface area contributed by atoms with Crippen LogP contribution in [-0.4, -0.2) is 44.3 Å². The highest BCUT2D eigenvalue weighted by molar-refractivity contribution is 9.10. The molecule has 4 aromatic rings. The zero-order valence-corrected chi connectivity index (χ0v) is 26.0. The average Bonchev–Trinajstić information content (AvgIpc) is 2.99. The van der Waals surface area contributed by atoms with Crippen molar-refractivity contribution in [2.24, 2.45) is 0 Å². The number of hydrogen-bond donors (Lipinski definition) is 1. The summed E-state index contributed by atoms with van der Waals surface area (Å²) in [4.78, 5) is 29.4. The molecule has 0 unspecified atom stereocenters. The van der Waals surface area contributed by atoms with Gasteiger partial charge in [0.05, 0.1) is 10.6 Å². The highest BCUT2D eigenvalue weighted by Gasteiger charge is 2.34. The molecule has 0 aliphatic heterocycles. The molecule has 9 heteroatoms. The van der Waals surface area contributed by atoms with Crippen LogP contribution in [0.25, 0.3) is 0 Å². The van der Waals surface area contributed by atoms with Crippen molar-refractivity contribution in [2.45, 2.75) is 37.8 Å². The van der Waals surface area contributed by atoms with Crippen molar-refractivity contribution < 1.29 is 18.0 Å². The van der Waals surface area contributed by atoms with Crippen LogP contribution < -0.4 is 9.62 Å². The molecular formula is C33H34BrN3O4S. The summed E-state index contributed by atoms with van der Waals surface area (Å²) in [5, 5.41) is 2.87. The van der Waals surface area contributed by atoms with E-state index in [4.69, 9.17) is 0 Å². The molecule has 42 heavy (non-hydrogen) atoms. The van der Waals surface area contributed by atoms with Gasteiger partial charge in [-0.05, 0) is 61.4 Å². The topological polar surface area (TPSA) is 86.8 Å². The van der Waals surface area contributed by atoms with Gasteiger partial charge < -0.3 is 10.2 Å². The summed E-state index contributed by atoms with van der Waals surface area (Å²) in [6.45, 7) is 3.71. The third-order valence-corrected chi connectivity index (χ3v) is 9.08. The first kappa shape index (κ1) is 31.0.